The van der Waals surface area contributed by atoms with Crippen molar-refractivity contribution in [1.29, 1.82) is 0 Å². The van der Waals surface area contributed by atoms with Crippen LogP contribution in [0.3, 0.4) is 0 Å². The number of hydrogen-bond donors (Lipinski definition) is 6. The van der Waals surface area contributed by atoms with Crippen LogP contribution in [0.5, 0.6) is 0 Å². The Kier molecular flexibility index (Phi) is 17.4. The second-order valence-corrected chi connectivity index (χ2v) is 5.95. The van der Waals surface area contributed by atoms with Crippen molar-refractivity contribution in [3.05, 3.63) is 0 Å². The topological polar surface area (TPSA) is 168 Å². The lowest BCUT2D eigenvalue weighted by molar-refractivity contribution is -0.118. The molecule has 0 bridgehead atoms. The first kappa shape index (κ1) is 26.6. The molecule has 0 saturated carbocycles. The van der Waals surface area contributed by atoms with E-state index in [0.29, 0.717) is 0 Å². The van der Waals surface area contributed by atoms with E-state index in [1.54, 1.807) is 0 Å². The molecule has 164 valence electrons. The highest BCUT2D eigenvalue weighted by molar-refractivity contribution is 4.62. The van der Waals surface area contributed by atoms with Crippen molar-refractivity contribution in [2.24, 2.45) is 0 Å². The van der Waals surface area contributed by atoms with E-state index in [1.165, 1.54) is 7.11 Å². The summed E-state index contributed by atoms with van der Waals surface area (Å²) < 4.78 is 26.2. The van der Waals surface area contributed by atoms with Crippen molar-refractivity contribution < 1.29 is 54.3 Å². The summed E-state index contributed by atoms with van der Waals surface area (Å²) in [5, 5.41) is 54.7. The number of hydrogen-bond acceptors (Lipinski definition) is 11. The van der Waals surface area contributed by atoms with E-state index in [-0.39, 0.29) is 52.9 Å². The molecular formula is C16H34O11. The molecule has 11 heteroatoms. The standard InChI is InChI=1S/C16H34O11/c1-23-9-16(27-11-15(4-19)26-8-13(21)3-18)10-25-7-14(22)6-24-5-12(20)2-17/h12-22H,2-11H2,1H3. The Hall–Kier alpha value is -0.440. The molecule has 0 amide bonds. The predicted octanol–water partition coefficient (Wildman–Crippen LogP) is -3.50. The van der Waals surface area contributed by atoms with Crippen LogP contribution in [-0.2, 0) is 23.7 Å². The van der Waals surface area contributed by atoms with Crippen LogP contribution in [0.1, 0.15) is 0 Å². The Bertz CT molecular complexity index is 321. The Morgan fingerprint density at radius 2 is 1.07 bits per heavy atom. The number of methoxy groups -OCH3 is 1. The largest absolute Gasteiger partial charge is 0.394 e. The highest BCUT2D eigenvalue weighted by Crippen LogP contribution is 2.02. The molecule has 0 aromatic heterocycles. The van der Waals surface area contributed by atoms with Crippen LogP contribution in [0.25, 0.3) is 0 Å². The van der Waals surface area contributed by atoms with Gasteiger partial charge in [-0.3, -0.25) is 0 Å². The maximum absolute atomic E-state index is 9.72. The molecule has 0 aromatic rings. The van der Waals surface area contributed by atoms with Gasteiger partial charge in [0, 0.05) is 7.11 Å². The molecule has 5 unspecified atom stereocenters. The lowest BCUT2D eigenvalue weighted by Crippen LogP contribution is -2.35. The Morgan fingerprint density at radius 3 is 1.63 bits per heavy atom. The zero-order valence-electron chi connectivity index (χ0n) is 15.7. The molecule has 0 aliphatic carbocycles. The average Bonchev–Trinajstić information content (AvgIpc) is 2.67. The Labute approximate surface area is 159 Å². The molecule has 0 aliphatic heterocycles. The molecule has 6 N–H and O–H groups in total. The van der Waals surface area contributed by atoms with Gasteiger partial charge in [-0.1, -0.05) is 0 Å². The highest BCUT2D eigenvalue weighted by Gasteiger charge is 2.17. The third-order valence-corrected chi connectivity index (χ3v) is 3.25. The fourth-order valence-corrected chi connectivity index (χ4v) is 1.80. The predicted molar refractivity (Wildman–Crippen MR) is 92.3 cm³/mol. The van der Waals surface area contributed by atoms with E-state index in [0.717, 1.165) is 0 Å². The zero-order chi connectivity index (χ0) is 20.5. The van der Waals surface area contributed by atoms with E-state index in [1.807, 2.05) is 0 Å². The van der Waals surface area contributed by atoms with Gasteiger partial charge in [0.2, 0.25) is 0 Å². The molecule has 27 heavy (non-hydrogen) atoms. The van der Waals surface area contributed by atoms with E-state index < -0.39 is 43.7 Å². The number of aliphatic hydroxyl groups is 6. The van der Waals surface area contributed by atoms with Crippen molar-refractivity contribution in [2.45, 2.75) is 30.5 Å². The van der Waals surface area contributed by atoms with Crippen LogP contribution in [0, 0.1) is 0 Å². The van der Waals surface area contributed by atoms with Crippen molar-refractivity contribution in [3.8, 4) is 0 Å². The van der Waals surface area contributed by atoms with E-state index in [2.05, 4.69) is 0 Å². The molecule has 0 spiro atoms. The van der Waals surface area contributed by atoms with Crippen LogP contribution in [0.15, 0.2) is 0 Å². The van der Waals surface area contributed by atoms with Crippen LogP contribution in [0.4, 0.5) is 0 Å². The summed E-state index contributed by atoms with van der Waals surface area (Å²) in [5.74, 6) is 0. The van der Waals surface area contributed by atoms with E-state index in [9.17, 15) is 15.3 Å². The first-order valence-electron chi connectivity index (χ1n) is 8.71. The molecule has 0 fully saturated rings. The van der Waals surface area contributed by atoms with Crippen molar-refractivity contribution in [2.75, 3.05) is 73.2 Å². The van der Waals surface area contributed by atoms with Gasteiger partial charge < -0.3 is 54.3 Å². The first-order valence-corrected chi connectivity index (χ1v) is 8.71. The van der Waals surface area contributed by atoms with Gasteiger partial charge in [-0.25, -0.2) is 0 Å². The third kappa shape index (κ3) is 15.2. The zero-order valence-corrected chi connectivity index (χ0v) is 15.7. The maximum atomic E-state index is 9.72. The van der Waals surface area contributed by atoms with Crippen LogP contribution in [0.2, 0.25) is 0 Å². The average molecular weight is 402 g/mol. The van der Waals surface area contributed by atoms with Gasteiger partial charge in [0.1, 0.15) is 30.5 Å². The Morgan fingerprint density at radius 1 is 0.556 bits per heavy atom. The quantitative estimate of drug-likeness (QED) is 0.127. The summed E-state index contributed by atoms with van der Waals surface area (Å²) in [6.07, 6.45) is -4.08. The van der Waals surface area contributed by atoms with Gasteiger partial charge in [0.15, 0.2) is 0 Å². The minimum Gasteiger partial charge on any atom is -0.394 e. The van der Waals surface area contributed by atoms with Crippen LogP contribution in [-0.4, -0.2) is 134 Å². The molecule has 0 heterocycles. The summed E-state index contributed by atoms with van der Waals surface area (Å²) in [6.45, 7) is -1.13. The molecule has 0 aliphatic rings. The molecule has 0 aromatic carbocycles. The summed E-state index contributed by atoms with van der Waals surface area (Å²) in [4.78, 5) is 0. The van der Waals surface area contributed by atoms with Crippen molar-refractivity contribution in [3.63, 3.8) is 0 Å². The highest BCUT2D eigenvalue weighted by atomic mass is 16.6. The normalized spacial score (nSPS) is 17.4. The van der Waals surface area contributed by atoms with E-state index >= 15 is 0 Å². The molecule has 0 radical (unpaired) electrons. The van der Waals surface area contributed by atoms with Crippen LogP contribution >= 0.6 is 0 Å². The van der Waals surface area contributed by atoms with Gasteiger partial charge in [0.05, 0.1) is 66.1 Å². The molecule has 0 saturated heterocycles. The minimum atomic E-state index is -1.03. The first-order chi connectivity index (χ1) is 13.0. The number of rotatable bonds is 19. The minimum absolute atomic E-state index is 0.0246. The van der Waals surface area contributed by atoms with Gasteiger partial charge >= 0.3 is 0 Å². The molecule has 0 rings (SSSR count). The van der Waals surface area contributed by atoms with Gasteiger partial charge in [0.25, 0.3) is 0 Å². The molecule has 11 nitrogen and oxygen atoms in total. The fraction of sp³-hybridized carbons (Fsp3) is 1.00. The lowest BCUT2D eigenvalue weighted by atomic mass is 10.3. The number of aliphatic hydroxyl groups excluding tert-OH is 6. The fourth-order valence-electron chi connectivity index (χ4n) is 1.80. The smallest absolute Gasteiger partial charge is 0.104 e. The number of ether oxygens (including phenoxy) is 5. The Balaban J connectivity index is 4.03. The summed E-state index contributed by atoms with van der Waals surface area (Å²) in [6, 6.07) is 0. The lowest BCUT2D eigenvalue weighted by Gasteiger charge is -2.22. The van der Waals surface area contributed by atoms with E-state index in [4.69, 9.17) is 39.0 Å². The molecule has 5 atom stereocenters. The van der Waals surface area contributed by atoms with Gasteiger partial charge in [-0.15, -0.1) is 0 Å². The van der Waals surface area contributed by atoms with Gasteiger partial charge in [-0.05, 0) is 0 Å². The third-order valence-electron chi connectivity index (χ3n) is 3.25. The second-order valence-electron chi connectivity index (χ2n) is 5.95. The van der Waals surface area contributed by atoms with Crippen molar-refractivity contribution in [1.82, 2.24) is 0 Å². The summed E-state index contributed by atoms with van der Waals surface area (Å²) in [5.41, 5.74) is 0. The van der Waals surface area contributed by atoms with Crippen molar-refractivity contribution >= 4 is 0 Å². The summed E-state index contributed by atoms with van der Waals surface area (Å²) in [7, 11) is 1.49. The maximum Gasteiger partial charge on any atom is 0.104 e. The van der Waals surface area contributed by atoms with Gasteiger partial charge in [-0.2, -0.15) is 0 Å². The summed E-state index contributed by atoms with van der Waals surface area (Å²) >= 11 is 0. The second kappa shape index (κ2) is 17.6. The molecular weight excluding hydrogens is 368 g/mol. The van der Waals surface area contributed by atoms with Crippen LogP contribution < -0.4 is 0 Å². The monoisotopic (exact) mass is 402 g/mol. The SMILES string of the molecule is COCC(COCC(O)COCC(O)CO)OCC(CO)OCC(O)CO.